The van der Waals surface area contributed by atoms with E-state index in [-0.39, 0.29) is 0 Å². The highest BCUT2D eigenvalue weighted by atomic mass is 79.9. The van der Waals surface area contributed by atoms with Crippen molar-refractivity contribution >= 4 is 27.5 Å². The second-order valence-corrected chi connectivity index (χ2v) is 5.19. The third-order valence-electron chi connectivity index (χ3n) is 2.45. The number of hydrogen-bond acceptors (Lipinski definition) is 2. The topological polar surface area (TPSA) is 35.2 Å². The lowest BCUT2D eigenvalue weighted by molar-refractivity contribution is 0.482. The number of rotatable bonds is 4. The maximum absolute atomic E-state index is 6.18. The Bertz CT molecular complexity index is 545. The summed E-state index contributed by atoms with van der Waals surface area (Å²) in [5.74, 6) is 1.40. The van der Waals surface area contributed by atoms with E-state index in [2.05, 4.69) is 15.9 Å². The molecule has 0 radical (unpaired) electrons. The lowest BCUT2D eigenvalue weighted by Crippen LogP contribution is -2.02. The zero-order valence-electron chi connectivity index (χ0n) is 9.70. The molecule has 0 aliphatic carbocycles. The Morgan fingerprint density at radius 1 is 1.17 bits per heavy atom. The highest BCUT2D eigenvalue weighted by Crippen LogP contribution is 2.31. The molecule has 0 atom stereocenters. The van der Waals surface area contributed by atoms with Crippen LogP contribution in [-0.2, 0) is 6.42 Å². The van der Waals surface area contributed by atoms with Crippen LogP contribution in [0.1, 0.15) is 5.56 Å². The van der Waals surface area contributed by atoms with Crippen molar-refractivity contribution in [2.75, 3.05) is 6.54 Å². The second-order valence-electron chi connectivity index (χ2n) is 3.86. The Morgan fingerprint density at radius 2 is 2.00 bits per heavy atom. The molecule has 2 N–H and O–H groups in total. The second kappa shape index (κ2) is 6.23. The highest BCUT2D eigenvalue weighted by molar-refractivity contribution is 9.10. The smallest absolute Gasteiger partial charge is 0.146 e. The average molecular weight is 327 g/mol. The van der Waals surface area contributed by atoms with Gasteiger partial charge >= 0.3 is 0 Å². The number of halogens is 2. The van der Waals surface area contributed by atoms with Crippen LogP contribution >= 0.6 is 27.5 Å². The fourth-order valence-corrected chi connectivity index (χ4v) is 2.23. The maximum atomic E-state index is 6.18. The normalized spacial score (nSPS) is 10.4. The first-order valence-corrected chi connectivity index (χ1v) is 6.78. The molecule has 0 fully saturated rings. The summed E-state index contributed by atoms with van der Waals surface area (Å²) in [4.78, 5) is 0. The molecule has 0 amide bonds. The number of hydrogen-bond donors (Lipinski definition) is 1. The first-order chi connectivity index (χ1) is 8.69. The van der Waals surface area contributed by atoms with Gasteiger partial charge in [0.2, 0.25) is 0 Å². The lowest BCUT2D eigenvalue weighted by atomic mass is 10.1. The van der Waals surface area contributed by atoms with E-state index in [0.717, 1.165) is 22.2 Å². The largest absolute Gasteiger partial charge is 0.456 e. The van der Waals surface area contributed by atoms with Crippen molar-refractivity contribution < 1.29 is 4.74 Å². The van der Waals surface area contributed by atoms with Gasteiger partial charge in [0.25, 0.3) is 0 Å². The monoisotopic (exact) mass is 325 g/mol. The van der Waals surface area contributed by atoms with Crippen LogP contribution in [-0.4, -0.2) is 6.54 Å². The van der Waals surface area contributed by atoms with E-state index in [9.17, 15) is 0 Å². The molecule has 0 unspecified atom stereocenters. The van der Waals surface area contributed by atoms with Crippen LogP contribution in [0.4, 0.5) is 0 Å². The standard InChI is InChI=1S/C14H13BrClNO/c15-11-2-1-3-12(9-11)18-14-5-4-10(6-7-17)8-13(14)16/h1-5,8-9H,6-7,17H2. The van der Waals surface area contributed by atoms with Crippen LogP contribution in [0.2, 0.25) is 5.02 Å². The summed E-state index contributed by atoms with van der Waals surface area (Å²) in [7, 11) is 0. The Labute approximate surface area is 120 Å². The molecule has 0 aromatic heterocycles. The Hall–Kier alpha value is -1.03. The summed E-state index contributed by atoms with van der Waals surface area (Å²) in [6.45, 7) is 0.613. The van der Waals surface area contributed by atoms with E-state index in [1.807, 2.05) is 42.5 Å². The van der Waals surface area contributed by atoms with E-state index in [1.54, 1.807) is 0 Å². The zero-order valence-corrected chi connectivity index (χ0v) is 12.0. The van der Waals surface area contributed by atoms with E-state index >= 15 is 0 Å². The molecular formula is C14H13BrClNO. The van der Waals surface area contributed by atoms with Gasteiger partial charge in [-0.05, 0) is 48.9 Å². The van der Waals surface area contributed by atoms with E-state index in [0.29, 0.717) is 17.3 Å². The predicted molar refractivity (Wildman–Crippen MR) is 78.4 cm³/mol. The summed E-state index contributed by atoms with van der Waals surface area (Å²) >= 11 is 9.58. The third-order valence-corrected chi connectivity index (χ3v) is 3.24. The van der Waals surface area contributed by atoms with Crippen LogP contribution in [0.5, 0.6) is 11.5 Å². The van der Waals surface area contributed by atoms with Gasteiger partial charge in [-0.25, -0.2) is 0 Å². The van der Waals surface area contributed by atoms with Gasteiger partial charge in [-0.15, -0.1) is 0 Å². The molecule has 0 saturated carbocycles. The minimum Gasteiger partial charge on any atom is -0.456 e. The molecule has 2 aromatic carbocycles. The van der Waals surface area contributed by atoms with E-state index in [4.69, 9.17) is 22.1 Å². The van der Waals surface area contributed by atoms with Gasteiger partial charge < -0.3 is 10.5 Å². The predicted octanol–water partition coefficient (Wildman–Crippen LogP) is 4.40. The van der Waals surface area contributed by atoms with Crippen molar-refractivity contribution in [2.45, 2.75) is 6.42 Å². The third kappa shape index (κ3) is 3.48. The first-order valence-electron chi connectivity index (χ1n) is 5.61. The lowest BCUT2D eigenvalue weighted by Gasteiger charge is -2.09. The van der Waals surface area contributed by atoms with E-state index in [1.165, 1.54) is 0 Å². The summed E-state index contributed by atoms with van der Waals surface area (Å²) in [6.07, 6.45) is 0.816. The summed E-state index contributed by atoms with van der Waals surface area (Å²) in [6, 6.07) is 13.4. The Kier molecular flexibility index (Phi) is 4.64. The van der Waals surface area contributed by atoms with Gasteiger partial charge in [-0.2, -0.15) is 0 Å². The molecule has 0 aliphatic rings. The summed E-state index contributed by atoms with van der Waals surface area (Å²) in [5, 5.41) is 0.598. The molecule has 4 heteroatoms. The molecule has 2 aromatic rings. The van der Waals surface area contributed by atoms with Crippen LogP contribution in [0.3, 0.4) is 0 Å². The zero-order chi connectivity index (χ0) is 13.0. The molecule has 0 aliphatic heterocycles. The van der Waals surface area contributed by atoms with Gasteiger partial charge in [0.05, 0.1) is 5.02 Å². The molecule has 94 valence electrons. The molecule has 2 nitrogen and oxygen atoms in total. The van der Waals surface area contributed by atoms with Crippen molar-refractivity contribution in [2.24, 2.45) is 5.73 Å². The summed E-state index contributed by atoms with van der Waals surface area (Å²) < 4.78 is 6.70. The number of ether oxygens (including phenoxy) is 1. The summed E-state index contributed by atoms with van der Waals surface area (Å²) in [5.41, 5.74) is 6.62. The molecular weight excluding hydrogens is 314 g/mol. The van der Waals surface area contributed by atoms with E-state index < -0.39 is 0 Å². The minimum absolute atomic E-state index is 0.598. The van der Waals surface area contributed by atoms with Crippen molar-refractivity contribution in [1.82, 2.24) is 0 Å². The van der Waals surface area contributed by atoms with Crippen molar-refractivity contribution in [3.63, 3.8) is 0 Å². The minimum atomic E-state index is 0.598. The molecule has 2 rings (SSSR count). The van der Waals surface area contributed by atoms with Crippen LogP contribution in [0.15, 0.2) is 46.9 Å². The Morgan fingerprint density at radius 3 is 2.67 bits per heavy atom. The van der Waals surface area contributed by atoms with Crippen LogP contribution < -0.4 is 10.5 Å². The molecule has 0 saturated heterocycles. The van der Waals surface area contributed by atoms with Crippen molar-refractivity contribution in [3.05, 3.63) is 57.5 Å². The van der Waals surface area contributed by atoms with Gasteiger partial charge in [0.1, 0.15) is 11.5 Å². The molecule has 0 spiro atoms. The molecule has 18 heavy (non-hydrogen) atoms. The SMILES string of the molecule is NCCc1ccc(Oc2cccc(Br)c2)c(Cl)c1. The first kappa shape index (κ1) is 13.4. The average Bonchev–Trinajstić information content (AvgIpc) is 2.33. The molecule has 0 heterocycles. The molecule has 0 bridgehead atoms. The quantitative estimate of drug-likeness (QED) is 0.904. The van der Waals surface area contributed by atoms with Gasteiger partial charge in [-0.3, -0.25) is 0 Å². The highest BCUT2D eigenvalue weighted by Gasteiger charge is 2.04. The number of benzene rings is 2. The van der Waals surface area contributed by atoms with Gasteiger partial charge in [-0.1, -0.05) is 39.7 Å². The van der Waals surface area contributed by atoms with Crippen LogP contribution in [0, 0.1) is 0 Å². The number of nitrogens with two attached hydrogens (primary N) is 1. The maximum Gasteiger partial charge on any atom is 0.146 e. The van der Waals surface area contributed by atoms with Gasteiger partial charge in [0.15, 0.2) is 0 Å². The van der Waals surface area contributed by atoms with Crippen molar-refractivity contribution in [1.29, 1.82) is 0 Å². The van der Waals surface area contributed by atoms with Gasteiger partial charge in [0, 0.05) is 4.47 Å². The van der Waals surface area contributed by atoms with Crippen LogP contribution in [0.25, 0.3) is 0 Å². The van der Waals surface area contributed by atoms with Crippen molar-refractivity contribution in [3.8, 4) is 11.5 Å². The Balaban J connectivity index is 2.19. The fourth-order valence-electron chi connectivity index (χ4n) is 1.61. The fraction of sp³-hybridized carbons (Fsp3) is 0.143.